The molecular formula is C14H12O3. The van der Waals surface area contributed by atoms with E-state index in [1.54, 1.807) is 6.07 Å². The summed E-state index contributed by atoms with van der Waals surface area (Å²) in [4.78, 5) is 11.1. The van der Waals surface area contributed by atoms with Gasteiger partial charge in [-0.1, -0.05) is 48.5 Å². The Kier molecular flexibility index (Phi) is 3.40. The van der Waals surface area contributed by atoms with Crippen LogP contribution in [0.1, 0.15) is 0 Å². The summed E-state index contributed by atoms with van der Waals surface area (Å²) in [5.74, 6) is 0.491. The first-order valence-corrected chi connectivity index (χ1v) is 5.21. The molecule has 2 aromatic rings. The van der Waals surface area contributed by atoms with Crippen molar-refractivity contribution >= 4 is 6.16 Å². The Labute approximate surface area is 99.6 Å². The highest BCUT2D eigenvalue weighted by molar-refractivity contribution is 5.74. The minimum Gasteiger partial charge on any atom is -0.437 e. The van der Waals surface area contributed by atoms with E-state index < -0.39 is 6.16 Å². The van der Waals surface area contributed by atoms with E-state index in [0.29, 0.717) is 5.75 Å². The van der Waals surface area contributed by atoms with E-state index >= 15 is 0 Å². The summed E-state index contributed by atoms with van der Waals surface area (Å²) in [6.45, 7) is 0. The molecule has 0 unspecified atom stereocenters. The van der Waals surface area contributed by atoms with Crippen LogP contribution in [0.4, 0.5) is 4.79 Å². The number of rotatable bonds is 2. The van der Waals surface area contributed by atoms with Crippen molar-refractivity contribution < 1.29 is 14.3 Å². The van der Waals surface area contributed by atoms with Crippen molar-refractivity contribution in [2.24, 2.45) is 0 Å². The third-order valence-electron chi connectivity index (χ3n) is 2.33. The van der Waals surface area contributed by atoms with Gasteiger partial charge in [-0.05, 0) is 11.6 Å². The van der Waals surface area contributed by atoms with E-state index in [9.17, 15) is 4.79 Å². The number of carbonyl (C=O) groups excluding carboxylic acids is 1. The molecule has 2 aromatic carbocycles. The third kappa shape index (κ3) is 2.64. The van der Waals surface area contributed by atoms with Crippen LogP contribution in [0.15, 0.2) is 54.6 Å². The van der Waals surface area contributed by atoms with Crippen molar-refractivity contribution in [2.45, 2.75) is 0 Å². The number of hydrogen-bond donors (Lipinski definition) is 0. The van der Waals surface area contributed by atoms with Crippen molar-refractivity contribution in [3.05, 3.63) is 54.6 Å². The Hall–Kier alpha value is -2.29. The average molecular weight is 228 g/mol. The van der Waals surface area contributed by atoms with Crippen molar-refractivity contribution in [3.8, 4) is 16.9 Å². The number of hydrogen-bond acceptors (Lipinski definition) is 3. The van der Waals surface area contributed by atoms with Crippen molar-refractivity contribution in [2.75, 3.05) is 7.11 Å². The Morgan fingerprint density at radius 3 is 2.29 bits per heavy atom. The van der Waals surface area contributed by atoms with Gasteiger partial charge in [-0.2, -0.15) is 0 Å². The molecule has 3 heteroatoms. The highest BCUT2D eigenvalue weighted by atomic mass is 16.7. The summed E-state index contributed by atoms with van der Waals surface area (Å²) in [6.07, 6.45) is -0.714. The fourth-order valence-corrected chi connectivity index (χ4v) is 1.54. The van der Waals surface area contributed by atoms with Crippen LogP contribution in [0.3, 0.4) is 0 Å². The van der Waals surface area contributed by atoms with Crippen LogP contribution in [0, 0.1) is 0 Å². The molecule has 2 rings (SSSR count). The summed E-state index contributed by atoms with van der Waals surface area (Å²) >= 11 is 0. The first kappa shape index (κ1) is 11.2. The predicted molar refractivity (Wildman–Crippen MR) is 64.9 cm³/mol. The van der Waals surface area contributed by atoms with Crippen LogP contribution in [0.25, 0.3) is 11.1 Å². The Morgan fingerprint density at radius 1 is 0.941 bits per heavy atom. The highest BCUT2D eigenvalue weighted by Crippen LogP contribution is 2.29. The normalized spacial score (nSPS) is 9.71. The Morgan fingerprint density at radius 2 is 1.59 bits per heavy atom. The molecule has 0 spiro atoms. The lowest BCUT2D eigenvalue weighted by Gasteiger charge is -2.08. The zero-order valence-corrected chi connectivity index (χ0v) is 9.42. The zero-order valence-electron chi connectivity index (χ0n) is 9.42. The molecule has 0 radical (unpaired) electrons. The number of ether oxygens (including phenoxy) is 2. The molecule has 3 nitrogen and oxygen atoms in total. The van der Waals surface area contributed by atoms with Crippen LogP contribution in [-0.4, -0.2) is 13.3 Å². The molecule has 0 heterocycles. The number of para-hydroxylation sites is 1. The van der Waals surface area contributed by atoms with E-state index in [1.165, 1.54) is 7.11 Å². The number of methoxy groups -OCH3 is 1. The molecular weight excluding hydrogens is 216 g/mol. The zero-order chi connectivity index (χ0) is 12.1. The van der Waals surface area contributed by atoms with E-state index in [0.717, 1.165) is 11.1 Å². The second-order valence-corrected chi connectivity index (χ2v) is 3.42. The lowest BCUT2D eigenvalue weighted by atomic mass is 10.1. The molecule has 0 N–H and O–H groups in total. The highest BCUT2D eigenvalue weighted by Gasteiger charge is 2.09. The van der Waals surface area contributed by atoms with Gasteiger partial charge in [-0.3, -0.25) is 0 Å². The van der Waals surface area contributed by atoms with E-state index in [4.69, 9.17) is 4.74 Å². The smallest absolute Gasteiger partial charge is 0.437 e. The molecule has 0 aliphatic carbocycles. The molecule has 0 fully saturated rings. The van der Waals surface area contributed by atoms with Gasteiger partial charge < -0.3 is 9.47 Å². The van der Waals surface area contributed by atoms with Gasteiger partial charge in [0.25, 0.3) is 0 Å². The maximum Gasteiger partial charge on any atom is 0.513 e. The molecule has 0 atom stereocenters. The quantitative estimate of drug-likeness (QED) is 0.583. The molecule has 0 aliphatic heterocycles. The van der Waals surface area contributed by atoms with Crippen molar-refractivity contribution in [1.29, 1.82) is 0 Å². The largest absolute Gasteiger partial charge is 0.513 e. The number of benzene rings is 2. The Bertz CT molecular complexity index is 506. The van der Waals surface area contributed by atoms with E-state index in [1.807, 2.05) is 48.5 Å². The first-order valence-electron chi connectivity index (χ1n) is 5.21. The molecule has 0 saturated heterocycles. The van der Waals surface area contributed by atoms with Gasteiger partial charge in [0.2, 0.25) is 0 Å². The summed E-state index contributed by atoms with van der Waals surface area (Å²) in [7, 11) is 1.29. The SMILES string of the molecule is COC(=O)Oc1ccccc1-c1ccccc1. The van der Waals surface area contributed by atoms with Gasteiger partial charge >= 0.3 is 6.16 Å². The maximum atomic E-state index is 11.1. The molecule has 0 saturated carbocycles. The van der Waals surface area contributed by atoms with Gasteiger partial charge in [0, 0.05) is 5.56 Å². The summed E-state index contributed by atoms with van der Waals surface area (Å²) in [5, 5.41) is 0. The predicted octanol–water partition coefficient (Wildman–Crippen LogP) is 3.50. The molecule has 0 bridgehead atoms. The van der Waals surface area contributed by atoms with Gasteiger partial charge in [0.1, 0.15) is 5.75 Å². The number of carbonyl (C=O) groups is 1. The molecule has 0 aromatic heterocycles. The third-order valence-corrected chi connectivity index (χ3v) is 2.33. The average Bonchev–Trinajstić information content (AvgIpc) is 2.40. The molecule has 17 heavy (non-hydrogen) atoms. The second-order valence-electron chi connectivity index (χ2n) is 3.42. The fraction of sp³-hybridized carbons (Fsp3) is 0.0714. The summed E-state index contributed by atoms with van der Waals surface area (Å²) in [5.41, 5.74) is 1.85. The molecule has 0 amide bonds. The maximum absolute atomic E-state index is 11.1. The van der Waals surface area contributed by atoms with Crippen LogP contribution in [0.2, 0.25) is 0 Å². The van der Waals surface area contributed by atoms with Crippen LogP contribution in [0.5, 0.6) is 5.75 Å². The van der Waals surface area contributed by atoms with Gasteiger partial charge in [0.15, 0.2) is 0 Å². The Balaban J connectivity index is 2.38. The van der Waals surface area contributed by atoms with E-state index in [2.05, 4.69) is 4.74 Å². The minimum absolute atomic E-state index is 0.491. The van der Waals surface area contributed by atoms with Crippen LogP contribution in [-0.2, 0) is 4.74 Å². The van der Waals surface area contributed by atoms with E-state index in [-0.39, 0.29) is 0 Å². The summed E-state index contributed by atoms with van der Waals surface area (Å²) in [6, 6.07) is 17.1. The van der Waals surface area contributed by atoms with Crippen molar-refractivity contribution in [3.63, 3.8) is 0 Å². The topological polar surface area (TPSA) is 35.5 Å². The first-order chi connectivity index (χ1) is 8.31. The van der Waals surface area contributed by atoms with Crippen molar-refractivity contribution in [1.82, 2.24) is 0 Å². The monoisotopic (exact) mass is 228 g/mol. The van der Waals surface area contributed by atoms with Gasteiger partial charge in [-0.25, -0.2) is 4.79 Å². The minimum atomic E-state index is -0.714. The lowest BCUT2D eigenvalue weighted by Crippen LogP contribution is -2.07. The lowest BCUT2D eigenvalue weighted by molar-refractivity contribution is 0.121. The van der Waals surface area contributed by atoms with Gasteiger partial charge in [0.05, 0.1) is 7.11 Å². The van der Waals surface area contributed by atoms with Crippen LogP contribution >= 0.6 is 0 Å². The second kappa shape index (κ2) is 5.16. The van der Waals surface area contributed by atoms with Gasteiger partial charge in [-0.15, -0.1) is 0 Å². The summed E-state index contributed by atoms with van der Waals surface area (Å²) < 4.78 is 9.57. The standard InChI is InChI=1S/C14H12O3/c1-16-14(15)17-13-10-6-5-9-12(13)11-7-3-2-4-8-11/h2-10H,1H3. The molecule has 86 valence electrons. The molecule has 0 aliphatic rings. The fourth-order valence-electron chi connectivity index (χ4n) is 1.54. The van der Waals surface area contributed by atoms with Crippen LogP contribution < -0.4 is 4.74 Å².